The molecule has 66 heavy (non-hydrogen) atoms. The molecule has 0 radical (unpaired) electrons. The molecule has 0 amide bonds. The zero-order valence-corrected chi connectivity index (χ0v) is 38.4. The molecule has 10 aromatic rings. The Labute approximate surface area is 409 Å². The second kappa shape index (κ2) is 25.4. The van der Waals surface area contributed by atoms with Crippen LogP contribution in [0, 0.1) is 0 Å². The molecule has 5 aromatic carbocycles. The van der Waals surface area contributed by atoms with Gasteiger partial charge in [0.25, 0.3) is 0 Å². The molecule has 0 atom stereocenters. The van der Waals surface area contributed by atoms with Crippen LogP contribution in [0.1, 0.15) is 47.9 Å². The minimum Gasteiger partial charge on any atom is -0.550 e. The van der Waals surface area contributed by atoms with Gasteiger partial charge in [0.15, 0.2) is 0 Å². The average Bonchev–Trinajstić information content (AvgIpc) is 4.17. The molecule has 0 aliphatic carbocycles. The van der Waals surface area contributed by atoms with Crippen LogP contribution in [0.4, 0.5) is 0 Å². The third kappa shape index (κ3) is 14.7. The number of aromatic nitrogens is 5. The first kappa shape index (κ1) is 49.9. The second-order valence-electron chi connectivity index (χ2n) is 15.0. The SMILES string of the molecule is O=C(O)CCc1c[nH]c2ccccc12.O=C(O)CCc1c[nH]c2ccccc12.O=C([O-])CCc1c[nH]c2ccccc12.O=C([O-])CCc1c[nH]c2ccccc12.[Ca+2].c1ccc2[nH]ccc2c1. The molecule has 0 aliphatic rings. The van der Waals surface area contributed by atoms with Crippen LogP contribution in [0.25, 0.3) is 54.5 Å². The van der Waals surface area contributed by atoms with E-state index < -0.39 is 23.9 Å². The Balaban J connectivity index is 0.000000155. The van der Waals surface area contributed by atoms with Crippen molar-refractivity contribution in [1.82, 2.24) is 24.9 Å². The quantitative estimate of drug-likeness (QED) is 0.0595. The van der Waals surface area contributed by atoms with Gasteiger partial charge >= 0.3 is 49.7 Å². The number of aromatic amines is 5. The van der Waals surface area contributed by atoms with Crippen LogP contribution in [0.3, 0.4) is 0 Å². The van der Waals surface area contributed by atoms with E-state index in [0.29, 0.717) is 25.7 Å². The van der Waals surface area contributed by atoms with Gasteiger partial charge in [-0.1, -0.05) is 91.0 Å². The number of H-pyrrole nitrogens is 5. The molecule has 7 N–H and O–H groups in total. The topological polar surface area (TPSA) is 234 Å². The smallest absolute Gasteiger partial charge is 0.550 e. The fourth-order valence-corrected chi connectivity index (χ4v) is 7.31. The molecule has 0 bridgehead atoms. The van der Waals surface area contributed by atoms with Gasteiger partial charge < -0.3 is 54.9 Å². The minimum absolute atomic E-state index is 0. The van der Waals surface area contributed by atoms with Gasteiger partial charge in [0, 0.05) is 105 Å². The molecule has 0 fully saturated rings. The van der Waals surface area contributed by atoms with E-state index in [-0.39, 0.29) is 63.4 Å². The third-order valence-corrected chi connectivity index (χ3v) is 10.6. The molecule has 14 heteroatoms. The van der Waals surface area contributed by atoms with Crippen LogP contribution in [0.15, 0.2) is 158 Å². The molecule has 0 spiro atoms. The summed E-state index contributed by atoms with van der Waals surface area (Å²) in [5.74, 6) is -3.52. The monoisotopic (exact) mass is 911 g/mol. The van der Waals surface area contributed by atoms with Crippen LogP contribution < -0.4 is 10.2 Å². The minimum atomic E-state index is -1.00. The predicted molar refractivity (Wildman–Crippen MR) is 256 cm³/mol. The molecule has 0 unspecified atom stereocenters. The van der Waals surface area contributed by atoms with Crippen molar-refractivity contribution < 1.29 is 39.6 Å². The molecule has 332 valence electrons. The maximum absolute atomic E-state index is 10.4. The summed E-state index contributed by atoms with van der Waals surface area (Å²) in [4.78, 5) is 57.0. The fourth-order valence-electron chi connectivity index (χ4n) is 7.31. The number of hydrogen-bond donors (Lipinski definition) is 7. The number of para-hydroxylation sites is 5. The molecule has 13 nitrogen and oxygen atoms in total. The van der Waals surface area contributed by atoms with Gasteiger partial charge in [0.2, 0.25) is 0 Å². The summed E-state index contributed by atoms with van der Waals surface area (Å²) in [5.41, 5.74) is 9.63. The summed E-state index contributed by atoms with van der Waals surface area (Å²) in [6, 6.07) is 41.8. The summed E-state index contributed by atoms with van der Waals surface area (Å²) in [7, 11) is 0. The Hall–Kier alpha value is -7.06. The summed E-state index contributed by atoms with van der Waals surface area (Å²) in [5, 5.41) is 43.5. The van der Waals surface area contributed by atoms with Crippen LogP contribution in [0.5, 0.6) is 0 Å². The van der Waals surface area contributed by atoms with Crippen molar-refractivity contribution in [2.75, 3.05) is 0 Å². The number of carboxylic acids is 4. The van der Waals surface area contributed by atoms with Crippen molar-refractivity contribution in [2.24, 2.45) is 0 Å². The maximum atomic E-state index is 10.4. The Morgan fingerprint density at radius 3 is 0.970 bits per heavy atom. The first-order valence-corrected chi connectivity index (χ1v) is 21.1. The maximum Gasteiger partial charge on any atom is 2.00 e. The van der Waals surface area contributed by atoms with E-state index in [0.717, 1.165) is 65.9 Å². The summed E-state index contributed by atoms with van der Waals surface area (Å²) in [6.45, 7) is 0. The standard InChI is InChI=1S/4C11H11NO2.C8H7N.Ca/c4*13-11(14)6-5-8-7-12-10-4-2-1-3-9(8)10;1-2-4-8-7(3-1)5-6-9-8;/h4*1-4,7,12H,5-6H2,(H,13,14);1-6,9H;/q;;;;;+2/p-2. The van der Waals surface area contributed by atoms with Gasteiger partial charge in [-0.15, -0.1) is 0 Å². The second-order valence-corrected chi connectivity index (χ2v) is 15.0. The summed E-state index contributed by atoms with van der Waals surface area (Å²) >= 11 is 0. The average molecular weight is 912 g/mol. The van der Waals surface area contributed by atoms with E-state index in [1.807, 2.05) is 140 Å². The van der Waals surface area contributed by atoms with Crippen LogP contribution >= 0.6 is 0 Å². The number of nitrogens with one attached hydrogen (secondary N) is 5. The molecule has 5 aromatic heterocycles. The molecule has 10 rings (SSSR count). The van der Waals surface area contributed by atoms with E-state index >= 15 is 0 Å². The van der Waals surface area contributed by atoms with E-state index in [1.54, 1.807) is 0 Å². The normalized spacial score (nSPS) is 10.4. The Kier molecular flexibility index (Phi) is 19.2. The molecule has 0 saturated heterocycles. The number of aliphatic carboxylic acids is 4. The Bertz CT molecular complexity index is 2740. The fraction of sp³-hybridized carbons (Fsp3) is 0.154. The van der Waals surface area contributed by atoms with Gasteiger partial charge in [-0.3, -0.25) is 9.59 Å². The Morgan fingerprint density at radius 1 is 0.379 bits per heavy atom. The van der Waals surface area contributed by atoms with E-state index in [2.05, 4.69) is 43.1 Å². The number of fused-ring (bicyclic) bond motifs is 5. The number of rotatable bonds is 12. The van der Waals surface area contributed by atoms with Crippen molar-refractivity contribution >= 4 is 116 Å². The van der Waals surface area contributed by atoms with Gasteiger partial charge in [0.1, 0.15) is 0 Å². The van der Waals surface area contributed by atoms with Crippen molar-refractivity contribution in [2.45, 2.75) is 51.4 Å². The molecule has 0 aliphatic heterocycles. The molecular formula is C52H49CaN5O8. The van der Waals surface area contributed by atoms with E-state index in [1.165, 1.54) is 10.9 Å². The van der Waals surface area contributed by atoms with Gasteiger partial charge in [0.05, 0.1) is 0 Å². The largest absolute Gasteiger partial charge is 2.00 e. The van der Waals surface area contributed by atoms with Crippen LogP contribution in [-0.2, 0) is 44.9 Å². The number of carboxylic acid groups (broad SMARTS) is 4. The number of carbonyl (C=O) groups is 4. The number of aryl methyl sites for hydroxylation is 4. The number of hydrogen-bond acceptors (Lipinski definition) is 6. The molecule has 5 heterocycles. The zero-order valence-electron chi connectivity index (χ0n) is 36.2. The number of benzene rings is 5. The zero-order chi connectivity index (χ0) is 46.0. The van der Waals surface area contributed by atoms with E-state index in [4.69, 9.17) is 10.2 Å². The molecule has 0 saturated carbocycles. The Morgan fingerprint density at radius 2 is 0.667 bits per heavy atom. The van der Waals surface area contributed by atoms with Gasteiger partial charge in [-0.05, 0) is 103 Å². The summed E-state index contributed by atoms with van der Waals surface area (Å²) < 4.78 is 0. The van der Waals surface area contributed by atoms with Crippen molar-refractivity contribution in [3.8, 4) is 0 Å². The first-order valence-electron chi connectivity index (χ1n) is 21.1. The van der Waals surface area contributed by atoms with Crippen molar-refractivity contribution in [3.05, 3.63) is 181 Å². The van der Waals surface area contributed by atoms with Crippen molar-refractivity contribution in [1.29, 1.82) is 0 Å². The predicted octanol–water partition coefficient (Wildman–Crippen LogP) is 7.86. The molecular weight excluding hydrogens is 863 g/mol. The van der Waals surface area contributed by atoms with E-state index in [9.17, 15) is 29.4 Å². The summed E-state index contributed by atoms with van der Waals surface area (Å²) in [6.07, 6.45) is 12.1. The first-order chi connectivity index (χ1) is 31.5. The van der Waals surface area contributed by atoms with Gasteiger partial charge in [-0.25, -0.2) is 0 Å². The van der Waals surface area contributed by atoms with Gasteiger partial charge in [-0.2, -0.15) is 0 Å². The number of carbonyl (C=O) groups excluding carboxylic acids is 2. The van der Waals surface area contributed by atoms with Crippen LogP contribution in [0.2, 0.25) is 0 Å². The van der Waals surface area contributed by atoms with Crippen LogP contribution in [-0.4, -0.2) is 96.7 Å². The van der Waals surface area contributed by atoms with Crippen molar-refractivity contribution in [3.63, 3.8) is 0 Å². The third-order valence-electron chi connectivity index (χ3n) is 10.6.